The first kappa shape index (κ1) is 10.8. The summed E-state index contributed by atoms with van der Waals surface area (Å²) in [5.74, 6) is 0.382. The van der Waals surface area contributed by atoms with Crippen LogP contribution in [0.15, 0.2) is 28.4 Å². The van der Waals surface area contributed by atoms with Gasteiger partial charge in [-0.15, -0.1) is 0 Å². The lowest BCUT2D eigenvalue weighted by molar-refractivity contribution is 0.377. The summed E-state index contributed by atoms with van der Waals surface area (Å²) < 4.78 is 30.2. The third-order valence-electron chi connectivity index (χ3n) is 1.80. The molecule has 2 rings (SSSR count). The van der Waals surface area contributed by atoms with Gasteiger partial charge in [0.15, 0.2) is 11.4 Å². The molecule has 0 saturated heterocycles. The maximum absolute atomic E-state index is 11.6. The first-order valence-electron chi connectivity index (χ1n) is 4.42. The van der Waals surface area contributed by atoms with Crippen molar-refractivity contribution in [3.8, 4) is 0 Å². The molecule has 2 N–H and O–H groups in total. The maximum atomic E-state index is 11.6. The normalized spacial score (nSPS) is 11.8. The highest BCUT2D eigenvalue weighted by atomic mass is 32.2. The van der Waals surface area contributed by atoms with Crippen LogP contribution in [-0.4, -0.2) is 35.1 Å². The van der Waals surface area contributed by atoms with E-state index in [9.17, 15) is 8.42 Å². The van der Waals surface area contributed by atoms with E-state index in [4.69, 9.17) is 4.52 Å². The predicted molar refractivity (Wildman–Crippen MR) is 51.8 cm³/mol. The molecule has 2 aromatic heterocycles. The molecule has 0 aliphatic carbocycles. The number of rotatable bonds is 5. The molecular formula is C7H9N5O3S. The van der Waals surface area contributed by atoms with Gasteiger partial charge in [-0.3, -0.25) is 0 Å². The van der Waals surface area contributed by atoms with E-state index in [1.165, 1.54) is 18.9 Å². The first-order chi connectivity index (χ1) is 7.68. The molecule has 0 aliphatic heterocycles. The molecule has 0 amide bonds. The van der Waals surface area contributed by atoms with Crippen LogP contribution in [0, 0.1) is 0 Å². The lowest BCUT2D eigenvalue weighted by Gasteiger charge is -2.01. The molecule has 2 aromatic rings. The predicted octanol–water partition coefficient (Wildman–Crippen LogP) is -0.686. The van der Waals surface area contributed by atoms with Crippen molar-refractivity contribution < 1.29 is 12.9 Å². The summed E-state index contributed by atoms with van der Waals surface area (Å²) in [5, 5.41) is 3.43. The Kier molecular flexibility index (Phi) is 2.97. The highest BCUT2D eigenvalue weighted by Gasteiger charge is 2.14. The average Bonchev–Trinajstić information content (AvgIpc) is 2.90. The van der Waals surface area contributed by atoms with Crippen molar-refractivity contribution in [3.63, 3.8) is 0 Å². The average molecular weight is 243 g/mol. The van der Waals surface area contributed by atoms with Crippen LogP contribution < -0.4 is 4.72 Å². The molecule has 0 bridgehead atoms. The van der Waals surface area contributed by atoms with Crippen LogP contribution in [-0.2, 0) is 16.4 Å². The lowest BCUT2D eigenvalue weighted by Crippen LogP contribution is -2.26. The third-order valence-corrected chi connectivity index (χ3v) is 3.19. The van der Waals surface area contributed by atoms with Crippen molar-refractivity contribution in [1.29, 1.82) is 0 Å². The van der Waals surface area contributed by atoms with E-state index in [0.717, 1.165) is 0 Å². The molecule has 9 heteroatoms. The summed E-state index contributed by atoms with van der Waals surface area (Å²) in [6.07, 6.45) is 4.13. The Balaban J connectivity index is 1.91. The lowest BCUT2D eigenvalue weighted by atomic mass is 10.4. The zero-order chi connectivity index (χ0) is 11.4. The summed E-state index contributed by atoms with van der Waals surface area (Å²) in [6, 6.07) is 0. The maximum Gasteiger partial charge on any atom is 0.257 e. The number of aromatic amines is 1. The van der Waals surface area contributed by atoms with Gasteiger partial charge in [0.05, 0.1) is 12.5 Å². The smallest absolute Gasteiger partial charge is 0.257 e. The second-order valence-electron chi connectivity index (χ2n) is 2.90. The number of hydrogen-bond donors (Lipinski definition) is 2. The second-order valence-corrected chi connectivity index (χ2v) is 4.63. The van der Waals surface area contributed by atoms with Crippen molar-refractivity contribution in [3.05, 3.63) is 24.7 Å². The van der Waals surface area contributed by atoms with Crippen molar-refractivity contribution >= 4 is 10.0 Å². The van der Waals surface area contributed by atoms with E-state index >= 15 is 0 Å². The Labute approximate surface area is 91.1 Å². The van der Waals surface area contributed by atoms with E-state index in [1.54, 1.807) is 0 Å². The van der Waals surface area contributed by atoms with Gasteiger partial charge >= 0.3 is 0 Å². The van der Waals surface area contributed by atoms with Gasteiger partial charge in [-0.1, -0.05) is 5.16 Å². The Morgan fingerprint density at radius 1 is 1.50 bits per heavy atom. The highest BCUT2D eigenvalue weighted by molar-refractivity contribution is 7.89. The van der Waals surface area contributed by atoms with E-state index in [0.29, 0.717) is 12.3 Å². The molecule has 0 unspecified atom stereocenters. The molecule has 16 heavy (non-hydrogen) atoms. The standard InChI is InChI=1S/C7H9N5O3S/c13-16(14,7-3-8-4-10-7)12-2-1-6-9-5-11-15-6/h3-5,12H,1-2H2,(H,8,10). The van der Waals surface area contributed by atoms with Gasteiger partial charge in [0.2, 0.25) is 5.89 Å². The topological polar surface area (TPSA) is 114 Å². The quantitative estimate of drug-likeness (QED) is 0.718. The minimum atomic E-state index is -3.53. The minimum absolute atomic E-state index is 0.0260. The van der Waals surface area contributed by atoms with Crippen LogP contribution in [0.1, 0.15) is 5.89 Å². The SMILES string of the molecule is O=S(=O)(NCCc1ncno1)c1cnc[nH]1. The van der Waals surface area contributed by atoms with Crippen molar-refractivity contribution in [1.82, 2.24) is 24.8 Å². The number of hydrogen-bond acceptors (Lipinski definition) is 6. The molecular weight excluding hydrogens is 234 g/mol. The fourth-order valence-corrected chi connectivity index (χ4v) is 2.00. The van der Waals surface area contributed by atoms with Crippen molar-refractivity contribution in [2.75, 3.05) is 6.54 Å². The molecule has 0 spiro atoms. The Bertz CT molecular complexity index is 518. The molecule has 0 radical (unpaired) electrons. The van der Waals surface area contributed by atoms with Crippen LogP contribution in [0.25, 0.3) is 0 Å². The van der Waals surface area contributed by atoms with Crippen LogP contribution in [0.4, 0.5) is 0 Å². The number of H-pyrrole nitrogens is 1. The van der Waals surface area contributed by atoms with E-state index in [-0.39, 0.29) is 11.6 Å². The van der Waals surface area contributed by atoms with Gasteiger partial charge in [0, 0.05) is 13.0 Å². The molecule has 0 atom stereocenters. The Morgan fingerprint density at radius 2 is 2.38 bits per heavy atom. The first-order valence-corrected chi connectivity index (χ1v) is 5.90. The van der Waals surface area contributed by atoms with Crippen LogP contribution in [0.5, 0.6) is 0 Å². The fourth-order valence-electron chi connectivity index (χ4n) is 1.07. The van der Waals surface area contributed by atoms with Gasteiger partial charge in [-0.05, 0) is 0 Å². The van der Waals surface area contributed by atoms with Gasteiger partial charge in [0.1, 0.15) is 0 Å². The molecule has 0 aromatic carbocycles. The molecule has 0 aliphatic rings. The Morgan fingerprint density at radius 3 is 3.00 bits per heavy atom. The van der Waals surface area contributed by atoms with Crippen LogP contribution in [0.2, 0.25) is 0 Å². The minimum Gasteiger partial charge on any atom is -0.340 e. The van der Waals surface area contributed by atoms with Crippen LogP contribution >= 0.6 is 0 Å². The van der Waals surface area contributed by atoms with Gasteiger partial charge < -0.3 is 9.51 Å². The molecule has 8 nitrogen and oxygen atoms in total. The number of nitrogens with one attached hydrogen (secondary N) is 2. The number of sulfonamides is 1. The van der Waals surface area contributed by atoms with Gasteiger partial charge in [0.25, 0.3) is 10.0 Å². The Hall–Kier alpha value is -1.74. The second kappa shape index (κ2) is 4.41. The number of aromatic nitrogens is 4. The third kappa shape index (κ3) is 2.44. The molecule has 2 heterocycles. The summed E-state index contributed by atoms with van der Waals surface area (Å²) in [6.45, 7) is 0.184. The fraction of sp³-hybridized carbons (Fsp3) is 0.286. The van der Waals surface area contributed by atoms with Crippen molar-refractivity contribution in [2.45, 2.75) is 11.4 Å². The zero-order valence-corrected chi connectivity index (χ0v) is 8.94. The van der Waals surface area contributed by atoms with Crippen LogP contribution in [0.3, 0.4) is 0 Å². The van der Waals surface area contributed by atoms with E-state index < -0.39 is 10.0 Å². The zero-order valence-electron chi connectivity index (χ0n) is 8.12. The number of imidazole rings is 1. The molecule has 0 saturated carbocycles. The largest absolute Gasteiger partial charge is 0.340 e. The summed E-state index contributed by atoms with van der Waals surface area (Å²) >= 11 is 0. The number of nitrogens with zero attached hydrogens (tertiary/aromatic N) is 3. The molecule has 0 fully saturated rings. The summed E-state index contributed by atoms with van der Waals surface area (Å²) in [5.41, 5.74) is 0. The summed E-state index contributed by atoms with van der Waals surface area (Å²) in [7, 11) is -3.53. The van der Waals surface area contributed by atoms with Crippen molar-refractivity contribution in [2.24, 2.45) is 0 Å². The van der Waals surface area contributed by atoms with Gasteiger partial charge in [-0.2, -0.15) is 4.98 Å². The monoisotopic (exact) mass is 243 g/mol. The summed E-state index contributed by atoms with van der Waals surface area (Å²) in [4.78, 5) is 9.90. The molecule has 86 valence electrons. The van der Waals surface area contributed by atoms with E-state index in [1.807, 2.05) is 0 Å². The van der Waals surface area contributed by atoms with Gasteiger partial charge in [-0.25, -0.2) is 18.1 Å². The van der Waals surface area contributed by atoms with E-state index in [2.05, 4.69) is 24.8 Å². The highest BCUT2D eigenvalue weighted by Crippen LogP contribution is 2.01.